The molecule has 18 heavy (non-hydrogen) atoms. The van der Waals surface area contributed by atoms with Crippen molar-refractivity contribution in [1.82, 2.24) is 19.6 Å². The van der Waals surface area contributed by atoms with Crippen molar-refractivity contribution in [3.63, 3.8) is 0 Å². The van der Waals surface area contributed by atoms with E-state index in [2.05, 4.69) is 27.3 Å². The Kier molecular flexibility index (Phi) is 2.64. The maximum atomic E-state index is 4.40. The molecule has 0 bridgehead atoms. The summed E-state index contributed by atoms with van der Waals surface area (Å²) < 4.78 is 1.75. The molecule has 5 nitrogen and oxygen atoms in total. The first-order valence-electron chi connectivity index (χ1n) is 5.81. The van der Waals surface area contributed by atoms with Gasteiger partial charge in [-0.3, -0.25) is 4.98 Å². The van der Waals surface area contributed by atoms with Crippen molar-refractivity contribution in [2.45, 2.75) is 13.0 Å². The highest BCUT2D eigenvalue weighted by molar-refractivity contribution is 5.43. The van der Waals surface area contributed by atoms with Gasteiger partial charge in [-0.2, -0.15) is 4.98 Å². The van der Waals surface area contributed by atoms with E-state index in [0.29, 0.717) is 5.95 Å². The summed E-state index contributed by atoms with van der Waals surface area (Å²) in [5.74, 6) is 0.623. The van der Waals surface area contributed by atoms with Gasteiger partial charge in [0.2, 0.25) is 5.95 Å². The van der Waals surface area contributed by atoms with Gasteiger partial charge in [-0.15, -0.1) is 5.10 Å². The van der Waals surface area contributed by atoms with Crippen LogP contribution in [0, 0.1) is 0 Å². The standard InChI is InChI=1S/C13H13N5/c1-10(11-5-4-7-14-9-11)15-13-16-12-6-2-3-8-18(12)17-13/h2-10H,1H3,(H,15,17). The predicted octanol–water partition coefficient (Wildman–Crippen LogP) is 2.30. The zero-order valence-electron chi connectivity index (χ0n) is 9.99. The van der Waals surface area contributed by atoms with Crippen LogP contribution in [0.2, 0.25) is 0 Å². The summed E-state index contributed by atoms with van der Waals surface area (Å²) >= 11 is 0. The van der Waals surface area contributed by atoms with E-state index in [1.165, 1.54) is 0 Å². The van der Waals surface area contributed by atoms with Crippen LogP contribution in [-0.2, 0) is 0 Å². The number of nitrogens with one attached hydrogen (secondary N) is 1. The summed E-state index contributed by atoms with van der Waals surface area (Å²) in [5.41, 5.74) is 1.94. The van der Waals surface area contributed by atoms with Gasteiger partial charge in [0.25, 0.3) is 0 Å². The Labute approximate surface area is 105 Å². The maximum Gasteiger partial charge on any atom is 0.243 e. The van der Waals surface area contributed by atoms with Crippen molar-refractivity contribution in [3.05, 3.63) is 54.5 Å². The molecule has 5 heteroatoms. The van der Waals surface area contributed by atoms with Gasteiger partial charge in [0, 0.05) is 18.6 Å². The minimum atomic E-state index is 0.121. The van der Waals surface area contributed by atoms with Crippen molar-refractivity contribution in [1.29, 1.82) is 0 Å². The van der Waals surface area contributed by atoms with E-state index >= 15 is 0 Å². The van der Waals surface area contributed by atoms with Crippen LogP contribution in [0.5, 0.6) is 0 Å². The van der Waals surface area contributed by atoms with Crippen LogP contribution in [0.1, 0.15) is 18.5 Å². The highest BCUT2D eigenvalue weighted by Crippen LogP contribution is 2.15. The molecule has 0 radical (unpaired) electrons. The van der Waals surface area contributed by atoms with Gasteiger partial charge in [-0.05, 0) is 30.7 Å². The average Bonchev–Trinajstić information content (AvgIpc) is 2.82. The SMILES string of the molecule is CC(Nc1nc2ccccn2n1)c1cccnc1. The second-order valence-corrected chi connectivity index (χ2v) is 4.09. The fraction of sp³-hybridized carbons (Fsp3) is 0.154. The van der Waals surface area contributed by atoms with E-state index in [-0.39, 0.29) is 6.04 Å². The molecule has 0 fully saturated rings. The number of rotatable bonds is 3. The molecule has 0 saturated carbocycles. The summed E-state index contributed by atoms with van der Waals surface area (Å²) in [6, 6.07) is 9.86. The summed E-state index contributed by atoms with van der Waals surface area (Å²) in [5, 5.41) is 7.62. The van der Waals surface area contributed by atoms with Crippen LogP contribution in [-0.4, -0.2) is 19.6 Å². The fourth-order valence-electron chi connectivity index (χ4n) is 1.80. The van der Waals surface area contributed by atoms with Crippen LogP contribution >= 0.6 is 0 Å². The van der Waals surface area contributed by atoms with Gasteiger partial charge >= 0.3 is 0 Å². The smallest absolute Gasteiger partial charge is 0.243 e. The van der Waals surface area contributed by atoms with Gasteiger partial charge in [-0.1, -0.05) is 12.1 Å². The lowest BCUT2D eigenvalue weighted by molar-refractivity contribution is 0.846. The minimum Gasteiger partial charge on any atom is -0.346 e. The van der Waals surface area contributed by atoms with E-state index in [0.717, 1.165) is 11.2 Å². The molecule has 1 unspecified atom stereocenters. The number of pyridine rings is 2. The van der Waals surface area contributed by atoms with Gasteiger partial charge in [0.05, 0.1) is 6.04 Å². The van der Waals surface area contributed by atoms with Crippen molar-refractivity contribution >= 4 is 11.6 Å². The third kappa shape index (κ3) is 2.02. The molecule has 0 aliphatic rings. The summed E-state index contributed by atoms with van der Waals surface area (Å²) in [7, 11) is 0. The topological polar surface area (TPSA) is 55.1 Å². The quantitative estimate of drug-likeness (QED) is 0.762. The molecule has 0 aromatic carbocycles. The Bertz CT molecular complexity index is 614. The minimum absolute atomic E-state index is 0.121. The lowest BCUT2D eigenvalue weighted by Crippen LogP contribution is -2.08. The molecule has 0 aliphatic heterocycles. The first-order chi connectivity index (χ1) is 8.83. The third-order valence-corrected chi connectivity index (χ3v) is 2.77. The molecular weight excluding hydrogens is 226 g/mol. The van der Waals surface area contributed by atoms with Crippen molar-refractivity contribution in [2.75, 3.05) is 5.32 Å². The normalized spacial score (nSPS) is 12.5. The van der Waals surface area contributed by atoms with Crippen molar-refractivity contribution < 1.29 is 0 Å². The summed E-state index contributed by atoms with van der Waals surface area (Å²) in [6.45, 7) is 2.06. The molecule has 0 spiro atoms. The molecule has 90 valence electrons. The maximum absolute atomic E-state index is 4.40. The van der Waals surface area contributed by atoms with Gasteiger partial charge in [0.15, 0.2) is 5.65 Å². The number of aromatic nitrogens is 4. The Morgan fingerprint density at radius 3 is 2.94 bits per heavy atom. The highest BCUT2D eigenvalue weighted by Gasteiger charge is 2.08. The predicted molar refractivity (Wildman–Crippen MR) is 69.3 cm³/mol. The van der Waals surface area contributed by atoms with Crippen LogP contribution < -0.4 is 5.32 Å². The second-order valence-electron chi connectivity index (χ2n) is 4.09. The summed E-state index contributed by atoms with van der Waals surface area (Å²) in [6.07, 6.45) is 5.48. The Morgan fingerprint density at radius 1 is 1.22 bits per heavy atom. The number of anilines is 1. The van der Waals surface area contributed by atoms with E-state index in [1.807, 2.05) is 42.7 Å². The van der Waals surface area contributed by atoms with Crippen molar-refractivity contribution in [3.8, 4) is 0 Å². The molecule has 3 aromatic rings. The van der Waals surface area contributed by atoms with Crippen LogP contribution in [0.15, 0.2) is 48.9 Å². The first-order valence-corrected chi connectivity index (χ1v) is 5.81. The largest absolute Gasteiger partial charge is 0.346 e. The lowest BCUT2D eigenvalue weighted by Gasteiger charge is -2.11. The molecule has 0 aliphatic carbocycles. The molecule has 1 atom stereocenters. The molecule has 3 aromatic heterocycles. The Morgan fingerprint density at radius 2 is 2.17 bits per heavy atom. The third-order valence-electron chi connectivity index (χ3n) is 2.77. The van der Waals surface area contributed by atoms with Crippen molar-refractivity contribution in [2.24, 2.45) is 0 Å². The lowest BCUT2D eigenvalue weighted by atomic mass is 10.1. The summed E-state index contributed by atoms with van der Waals surface area (Å²) in [4.78, 5) is 8.50. The van der Waals surface area contributed by atoms with E-state index < -0.39 is 0 Å². The zero-order valence-corrected chi connectivity index (χ0v) is 9.99. The number of nitrogens with zero attached hydrogens (tertiary/aromatic N) is 4. The molecule has 3 rings (SSSR count). The van der Waals surface area contributed by atoms with Gasteiger partial charge in [0.1, 0.15) is 0 Å². The molecule has 0 amide bonds. The fourth-order valence-corrected chi connectivity index (χ4v) is 1.80. The monoisotopic (exact) mass is 239 g/mol. The molecular formula is C13H13N5. The molecule has 0 saturated heterocycles. The number of hydrogen-bond acceptors (Lipinski definition) is 4. The molecule has 3 heterocycles. The Hall–Kier alpha value is -2.43. The Balaban J connectivity index is 1.84. The number of hydrogen-bond donors (Lipinski definition) is 1. The zero-order chi connectivity index (χ0) is 12.4. The van der Waals surface area contributed by atoms with E-state index in [4.69, 9.17) is 0 Å². The van der Waals surface area contributed by atoms with Crippen LogP contribution in [0.3, 0.4) is 0 Å². The first kappa shape index (κ1) is 10.7. The average molecular weight is 239 g/mol. The van der Waals surface area contributed by atoms with E-state index in [1.54, 1.807) is 10.7 Å². The number of fused-ring (bicyclic) bond motifs is 1. The van der Waals surface area contributed by atoms with Crippen LogP contribution in [0.25, 0.3) is 5.65 Å². The van der Waals surface area contributed by atoms with Gasteiger partial charge in [-0.25, -0.2) is 4.52 Å². The van der Waals surface area contributed by atoms with E-state index in [9.17, 15) is 0 Å². The second kappa shape index (κ2) is 4.44. The molecule has 1 N–H and O–H groups in total. The van der Waals surface area contributed by atoms with Crippen LogP contribution in [0.4, 0.5) is 5.95 Å². The van der Waals surface area contributed by atoms with Gasteiger partial charge < -0.3 is 5.32 Å². The highest BCUT2D eigenvalue weighted by atomic mass is 15.3.